The Hall–Kier alpha value is -3.32. The summed E-state index contributed by atoms with van der Waals surface area (Å²) in [5.41, 5.74) is 0. The molecule has 1 saturated heterocycles. The lowest BCUT2D eigenvalue weighted by Crippen LogP contribution is -2.61. The molecule has 3 N–H and O–H groups in total. The number of aliphatic carboxylic acids is 1. The largest absolute Gasteiger partial charge is 0.479 e. The van der Waals surface area contributed by atoms with Gasteiger partial charge in [0.2, 0.25) is 0 Å². The first kappa shape index (κ1) is 61.7. The van der Waals surface area contributed by atoms with Crippen LogP contribution in [0, 0.1) is 0 Å². The number of unbranched alkanes of at least 4 members (excludes halogenated alkanes) is 22. The summed E-state index contributed by atoms with van der Waals surface area (Å²) in [5, 5.41) is 31.3. The highest BCUT2D eigenvalue weighted by atomic mass is 16.7. The van der Waals surface area contributed by atoms with E-state index >= 15 is 0 Å². The molecular weight excluding hydrogens is 853 g/mol. The molecule has 386 valence electrons. The van der Waals surface area contributed by atoms with Crippen molar-refractivity contribution in [1.29, 1.82) is 0 Å². The minimum atomic E-state index is -1.91. The molecule has 0 bridgehead atoms. The van der Waals surface area contributed by atoms with Crippen LogP contribution >= 0.6 is 0 Å². The Morgan fingerprint density at radius 3 is 1.48 bits per heavy atom. The number of aliphatic hydroxyl groups is 2. The summed E-state index contributed by atoms with van der Waals surface area (Å²) in [6.07, 6.45) is 38.2. The minimum Gasteiger partial charge on any atom is -0.479 e. The van der Waals surface area contributed by atoms with E-state index < -0.39 is 67.3 Å². The Morgan fingerprint density at radius 2 is 0.940 bits per heavy atom. The van der Waals surface area contributed by atoms with Crippen molar-refractivity contribution in [2.24, 2.45) is 0 Å². The number of hydrogen-bond donors (Lipinski definition) is 3. The second kappa shape index (κ2) is 43.9. The van der Waals surface area contributed by atoms with E-state index in [-0.39, 0.29) is 25.9 Å². The van der Waals surface area contributed by atoms with Gasteiger partial charge in [-0.25, -0.2) is 4.79 Å². The summed E-state index contributed by atoms with van der Waals surface area (Å²) < 4.78 is 28.3. The van der Waals surface area contributed by atoms with Gasteiger partial charge in [-0.3, -0.25) is 14.4 Å². The van der Waals surface area contributed by atoms with Crippen LogP contribution < -0.4 is 0 Å². The molecule has 1 fully saturated rings. The lowest BCUT2D eigenvalue weighted by Gasteiger charge is -2.40. The molecule has 12 heteroatoms. The number of carboxylic acid groups (broad SMARTS) is 1. The highest BCUT2D eigenvalue weighted by Crippen LogP contribution is 2.26. The maximum absolute atomic E-state index is 13.0. The first-order chi connectivity index (χ1) is 32.6. The molecule has 1 rings (SSSR count). The van der Waals surface area contributed by atoms with Crippen molar-refractivity contribution >= 4 is 23.9 Å². The van der Waals surface area contributed by atoms with Crippen LogP contribution in [0.15, 0.2) is 48.6 Å². The molecule has 0 aliphatic carbocycles. The van der Waals surface area contributed by atoms with E-state index in [9.17, 15) is 34.5 Å². The number of carbonyl (C=O) groups is 4. The second-order valence-corrected chi connectivity index (χ2v) is 18.1. The molecule has 1 aliphatic heterocycles. The maximum Gasteiger partial charge on any atom is 0.335 e. The van der Waals surface area contributed by atoms with Gasteiger partial charge in [0.25, 0.3) is 0 Å². The van der Waals surface area contributed by atoms with Crippen LogP contribution in [-0.2, 0) is 42.9 Å². The first-order valence-electron chi connectivity index (χ1n) is 26.6. The van der Waals surface area contributed by atoms with Gasteiger partial charge in [-0.15, -0.1) is 0 Å². The van der Waals surface area contributed by atoms with E-state index in [4.69, 9.17) is 23.7 Å². The summed E-state index contributed by atoms with van der Waals surface area (Å²) in [4.78, 5) is 50.8. The molecule has 12 nitrogen and oxygen atoms in total. The average Bonchev–Trinajstić information content (AvgIpc) is 3.31. The van der Waals surface area contributed by atoms with E-state index in [0.29, 0.717) is 19.3 Å². The number of allylic oxidation sites excluding steroid dienone is 8. The normalized spacial score (nSPS) is 19.2. The minimum absolute atomic E-state index is 0.0486. The van der Waals surface area contributed by atoms with Gasteiger partial charge in [0.15, 0.2) is 24.6 Å². The van der Waals surface area contributed by atoms with Gasteiger partial charge in [-0.1, -0.05) is 179 Å². The predicted molar refractivity (Wildman–Crippen MR) is 266 cm³/mol. The SMILES string of the molecule is CC/C=C\C/C=C\C/C=C\CCCCCC(=O)OCC(COC1OC(C(=O)O)C(O)C(O)C1OC(=O)CCCCCCC/C=C\CCCCCC)OC(=O)CCCCCCCCCCCCC. The van der Waals surface area contributed by atoms with Crippen LogP contribution in [0.4, 0.5) is 0 Å². The monoisotopic (exact) mass is 947 g/mol. The Kier molecular flexibility index (Phi) is 40.4. The van der Waals surface area contributed by atoms with Crippen molar-refractivity contribution in [2.75, 3.05) is 13.2 Å². The van der Waals surface area contributed by atoms with Gasteiger partial charge in [-0.05, 0) is 77.0 Å². The van der Waals surface area contributed by atoms with Crippen molar-refractivity contribution in [2.45, 2.75) is 263 Å². The van der Waals surface area contributed by atoms with Crippen LogP contribution in [0.1, 0.15) is 226 Å². The summed E-state index contributed by atoms with van der Waals surface area (Å²) in [6.45, 7) is 5.80. The molecule has 0 spiro atoms. The lowest BCUT2D eigenvalue weighted by molar-refractivity contribution is -0.301. The van der Waals surface area contributed by atoms with Crippen molar-refractivity contribution in [3.63, 3.8) is 0 Å². The molecule has 6 atom stereocenters. The average molecular weight is 947 g/mol. The number of carboxylic acids is 1. The predicted octanol–water partition coefficient (Wildman–Crippen LogP) is 12.7. The molecule has 0 saturated carbocycles. The van der Waals surface area contributed by atoms with Crippen molar-refractivity contribution < 1.29 is 58.2 Å². The number of hydrogen-bond acceptors (Lipinski definition) is 11. The van der Waals surface area contributed by atoms with Crippen molar-refractivity contribution in [1.82, 2.24) is 0 Å². The molecule has 0 aromatic carbocycles. The van der Waals surface area contributed by atoms with E-state index in [1.165, 1.54) is 70.6 Å². The third-order valence-corrected chi connectivity index (χ3v) is 11.9. The van der Waals surface area contributed by atoms with Crippen molar-refractivity contribution in [3.8, 4) is 0 Å². The Labute approximate surface area is 405 Å². The third kappa shape index (κ3) is 34.6. The Balaban J connectivity index is 2.75. The first-order valence-corrected chi connectivity index (χ1v) is 26.6. The zero-order valence-corrected chi connectivity index (χ0v) is 42.1. The van der Waals surface area contributed by atoms with Gasteiger partial charge in [-0.2, -0.15) is 0 Å². The van der Waals surface area contributed by atoms with Gasteiger partial charge >= 0.3 is 23.9 Å². The van der Waals surface area contributed by atoms with Crippen LogP contribution in [-0.4, -0.2) is 89.2 Å². The molecular formula is C55H94O12. The van der Waals surface area contributed by atoms with Gasteiger partial charge in [0.1, 0.15) is 18.8 Å². The number of rotatable bonds is 44. The van der Waals surface area contributed by atoms with E-state index in [1.807, 2.05) is 0 Å². The number of esters is 3. The Morgan fingerprint density at radius 1 is 0.507 bits per heavy atom. The molecule has 0 aromatic heterocycles. The topological polar surface area (TPSA) is 175 Å². The zero-order chi connectivity index (χ0) is 49.0. The van der Waals surface area contributed by atoms with Gasteiger partial charge in [0, 0.05) is 19.3 Å². The lowest BCUT2D eigenvalue weighted by atomic mass is 9.98. The number of ether oxygens (including phenoxy) is 5. The fourth-order valence-electron chi connectivity index (χ4n) is 7.79. The van der Waals surface area contributed by atoms with E-state index in [2.05, 4.69) is 69.4 Å². The van der Waals surface area contributed by atoms with Crippen LogP contribution in [0.25, 0.3) is 0 Å². The van der Waals surface area contributed by atoms with Gasteiger partial charge < -0.3 is 39.0 Å². The van der Waals surface area contributed by atoms with E-state index in [0.717, 1.165) is 96.3 Å². The van der Waals surface area contributed by atoms with Crippen LogP contribution in [0.3, 0.4) is 0 Å². The molecule has 1 aliphatic rings. The molecule has 6 unspecified atom stereocenters. The molecule has 0 aromatic rings. The molecule has 67 heavy (non-hydrogen) atoms. The molecule has 0 amide bonds. The highest BCUT2D eigenvalue weighted by Gasteiger charge is 2.50. The molecule has 0 radical (unpaired) electrons. The van der Waals surface area contributed by atoms with Crippen LogP contribution in [0.2, 0.25) is 0 Å². The maximum atomic E-state index is 13.0. The van der Waals surface area contributed by atoms with Crippen LogP contribution in [0.5, 0.6) is 0 Å². The standard InChI is InChI=1S/C55H94O12/c1-4-7-10-13-16-19-22-24-27-29-32-35-38-41-47(56)63-44-46(65-48(57)42-39-36-33-30-26-21-18-15-12-9-6-3)45-64-55-53(51(60)50(59)52(67-55)54(61)62)66-49(58)43-40-37-34-31-28-25-23-20-17-14-11-8-5-2/h7,10,16,19-20,23-24,27,46,50-53,55,59-60H,4-6,8-9,11-15,17-18,21-22,25-26,28-45H2,1-3H3,(H,61,62)/b10-7-,19-16-,23-20-,27-24-. The fourth-order valence-corrected chi connectivity index (χ4v) is 7.79. The summed E-state index contributed by atoms with van der Waals surface area (Å²) >= 11 is 0. The third-order valence-electron chi connectivity index (χ3n) is 11.9. The quantitative estimate of drug-likeness (QED) is 0.0228. The smallest absolute Gasteiger partial charge is 0.335 e. The highest BCUT2D eigenvalue weighted by molar-refractivity contribution is 5.74. The van der Waals surface area contributed by atoms with Crippen molar-refractivity contribution in [3.05, 3.63) is 48.6 Å². The zero-order valence-electron chi connectivity index (χ0n) is 42.1. The summed E-state index contributed by atoms with van der Waals surface area (Å²) in [5.74, 6) is -3.16. The number of carbonyl (C=O) groups excluding carboxylic acids is 3. The number of aliphatic hydroxyl groups excluding tert-OH is 2. The molecule has 1 heterocycles. The van der Waals surface area contributed by atoms with E-state index in [1.54, 1.807) is 0 Å². The Bertz CT molecular complexity index is 1360. The van der Waals surface area contributed by atoms with Gasteiger partial charge in [0.05, 0.1) is 6.61 Å². The summed E-state index contributed by atoms with van der Waals surface area (Å²) in [6, 6.07) is 0. The summed E-state index contributed by atoms with van der Waals surface area (Å²) in [7, 11) is 0. The fraction of sp³-hybridized carbons (Fsp3) is 0.782. The second-order valence-electron chi connectivity index (χ2n) is 18.1.